The van der Waals surface area contributed by atoms with Crippen molar-refractivity contribution in [1.29, 1.82) is 0 Å². The number of nitrogens with zero attached hydrogens (tertiary/aromatic N) is 2. The molecule has 9 heteroatoms. The Hall–Kier alpha value is -2.42. The maximum absolute atomic E-state index is 12.5. The summed E-state index contributed by atoms with van der Waals surface area (Å²) < 4.78 is 31.1. The number of benzene rings is 2. The molecule has 0 aliphatic heterocycles. The molecule has 0 atom stereocenters. The predicted octanol–water partition coefficient (Wildman–Crippen LogP) is 2.51. The number of amides is 1. The topological polar surface area (TPSA) is 88.1 Å². The van der Waals surface area contributed by atoms with Gasteiger partial charge in [0.2, 0.25) is 10.0 Å². The van der Waals surface area contributed by atoms with Gasteiger partial charge in [0.05, 0.1) is 24.3 Å². The molecule has 2 aromatic rings. The van der Waals surface area contributed by atoms with E-state index >= 15 is 0 Å². The summed E-state index contributed by atoms with van der Waals surface area (Å²) in [5.41, 5.74) is 3.62. The Balaban J connectivity index is 2.05. The van der Waals surface area contributed by atoms with Crippen LogP contribution in [0.1, 0.15) is 12.5 Å². The number of nitrogens with one attached hydrogen (secondary N) is 1. The summed E-state index contributed by atoms with van der Waals surface area (Å²) >= 11 is 5.77. The van der Waals surface area contributed by atoms with Gasteiger partial charge < -0.3 is 4.74 Å². The SMILES string of the molecule is COc1ccccc1/C(C)=N\NC(=O)CN(C)S(=O)(=O)c1ccc(Cl)cc1. The van der Waals surface area contributed by atoms with Crippen molar-refractivity contribution in [1.82, 2.24) is 9.73 Å². The number of ether oxygens (including phenoxy) is 1. The van der Waals surface area contributed by atoms with Crippen LogP contribution >= 0.6 is 11.6 Å². The Morgan fingerprint density at radius 1 is 1.19 bits per heavy atom. The van der Waals surface area contributed by atoms with E-state index in [1.807, 2.05) is 12.1 Å². The van der Waals surface area contributed by atoms with Gasteiger partial charge in [0, 0.05) is 17.6 Å². The Bertz CT molecular complexity index is 943. The zero-order valence-electron chi connectivity index (χ0n) is 15.1. The van der Waals surface area contributed by atoms with Gasteiger partial charge in [-0.05, 0) is 43.3 Å². The van der Waals surface area contributed by atoms with Gasteiger partial charge in [0.25, 0.3) is 5.91 Å². The van der Waals surface area contributed by atoms with Crippen LogP contribution in [0, 0.1) is 0 Å². The summed E-state index contributed by atoms with van der Waals surface area (Å²) in [5.74, 6) is 0.0553. The van der Waals surface area contributed by atoms with Crippen molar-refractivity contribution in [2.75, 3.05) is 20.7 Å². The van der Waals surface area contributed by atoms with E-state index < -0.39 is 15.9 Å². The standard InChI is InChI=1S/C18H20ClN3O4S/c1-13(16-6-4-5-7-17(16)26-3)20-21-18(23)12-22(2)27(24,25)15-10-8-14(19)9-11-15/h4-11H,12H2,1-3H3,(H,21,23)/b20-13-. The molecule has 7 nitrogen and oxygen atoms in total. The van der Waals surface area contributed by atoms with E-state index in [1.54, 1.807) is 26.2 Å². The minimum absolute atomic E-state index is 0.0518. The Morgan fingerprint density at radius 3 is 2.44 bits per heavy atom. The lowest BCUT2D eigenvalue weighted by molar-refractivity contribution is -0.121. The highest BCUT2D eigenvalue weighted by Gasteiger charge is 2.22. The molecule has 2 rings (SSSR count). The second-order valence-electron chi connectivity index (χ2n) is 5.65. The Morgan fingerprint density at radius 2 is 1.81 bits per heavy atom. The molecule has 0 fully saturated rings. The van der Waals surface area contributed by atoms with Crippen LogP contribution in [0.25, 0.3) is 0 Å². The third-order valence-corrected chi connectivity index (χ3v) is 5.80. The van der Waals surface area contributed by atoms with Crippen molar-refractivity contribution < 1.29 is 17.9 Å². The van der Waals surface area contributed by atoms with E-state index in [0.717, 1.165) is 9.87 Å². The fourth-order valence-electron chi connectivity index (χ4n) is 2.26. The molecule has 0 aliphatic carbocycles. The number of para-hydroxylation sites is 1. The number of methoxy groups -OCH3 is 1. The quantitative estimate of drug-likeness (QED) is 0.562. The third kappa shape index (κ3) is 5.29. The number of carbonyl (C=O) groups is 1. The first-order valence-electron chi connectivity index (χ1n) is 7.94. The van der Waals surface area contributed by atoms with Gasteiger partial charge in [-0.3, -0.25) is 4.79 Å². The molecule has 0 radical (unpaired) electrons. The minimum atomic E-state index is -3.81. The summed E-state index contributed by atoms with van der Waals surface area (Å²) in [5, 5.41) is 4.45. The highest BCUT2D eigenvalue weighted by Crippen LogP contribution is 2.18. The minimum Gasteiger partial charge on any atom is -0.496 e. The van der Waals surface area contributed by atoms with Crippen LogP contribution in [0.4, 0.5) is 0 Å². The number of hydrazone groups is 1. The second-order valence-corrected chi connectivity index (χ2v) is 8.13. The summed E-state index contributed by atoms with van der Waals surface area (Å²) in [6, 6.07) is 13.0. The number of hydrogen-bond donors (Lipinski definition) is 1. The van der Waals surface area contributed by atoms with Gasteiger partial charge in [0.1, 0.15) is 5.75 Å². The highest BCUT2D eigenvalue weighted by atomic mass is 35.5. The summed E-state index contributed by atoms with van der Waals surface area (Å²) in [6.07, 6.45) is 0. The van der Waals surface area contributed by atoms with Crippen molar-refractivity contribution in [2.45, 2.75) is 11.8 Å². The van der Waals surface area contributed by atoms with Gasteiger partial charge in [-0.15, -0.1) is 0 Å². The van der Waals surface area contributed by atoms with E-state index in [9.17, 15) is 13.2 Å². The first-order chi connectivity index (χ1) is 12.8. The lowest BCUT2D eigenvalue weighted by Crippen LogP contribution is -2.36. The predicted molar refractivity (Wildman–Crippen MR) is 105 cm³/mol. The zero-order chi connectivity index (χ0) is 20.0. The van der Waals surface area contributed by atoms with E-state index in [0.29, 0.717) is 16.5 Å². The molecule has 2 aromatic carbocycles. The summed E-state index contributed by atoms with van der Waals surface area (Å²) in [6.45, 7) is 1.33. The normalized spacial score (nSPS) is 12.1. The monoisotopic (exact) mass is 409 g/mol. The Kier molecular flexibility index (Phi) is 6.95. The molecular formula is C18H20ClN3O4S. The van der Waals surface area contributed by atoms with E-state index in [1.165, 1.54) is 31.3 Å². The van der Waals surface area contributed by atoms with Gasteiger partial charge in [-0.25, -0.2) is 13.8 Å². The number of rotatable bonds is 7. The molecule has 0 heterocycles. The van der Waals surface area contributed by atoms with Crippen molar-refractivity contribution in [3.63, 3.8) is 0 Å². The highest BCUT2D eigenvalue weighted by molar-refractivity contribution is 7.89. The van der Waals surface area contributed by atoms with Crippen LogP contribution in [0.5, 0.6) is 5.75 Å². The van der Waals surface area contributed by atoms with Crippen LogP contribution in [0.2, 0.25) is 5.02 Å². The molecule has 0 aliphatic rings. The van der Waals surface area contributed by atoms with Gasteiger partial charge in [-0.2, -0.15) is 9.41 Å². The third-order valence-electron chi connectivity index (χ3n) is 3.73. The largest absolute Gasteiger partial charge is 0.496 e. The molecule has 1 N–H and O–H groups in total. The van der Waals surface area contributed by atoms with Crippen molar-refractivity contribution in [3.8, 4) is 5.75 Å². The van der Waals surface area contributed by atoms with Crippen LogP contribution in [-0.4, -0.2) is 45.0 Å². The summed E-state index contributed by atoms with van der Waals surface area (Å²) in [7, 11) is -0.944. The molecule has 0 saturated heterocycles. The lowest BCUT2D eigenvalue weighted by Gasteiger charge is -2.16. The van der Waals surface area contributed by atoms with Crippen LogP contribution in [-0.2, 0) is 14.8 Å². The average molecular weight is 410 g/mol. The molecular weight excluding hydrogens is 390 g/mol. The molecule has 144 valence electrons. The zero-order valence-corrected chi connectivity index (χ0v) is 16.7. The first-order valence-corrected chi connectivity index (χ1v) is 9.76. The lowest BCUT2D eigenvalue weighted by atomic mass is 10.1. The van der Waals surface area contributed by atoms with Gasteiger partial charge >= 0.3 is 0 Å². The van der Waals surface area contributed by atoms with Crippen molar-refractivity contribution in [3.05, 3.63) is 59.1 Å². The average Bonchev–Trinajstić information content (AvgIpc) is 2.66. The van der Waals surface area contributed by atoms with Crippen LogP contribution in [0.15, 0.2) is 58.5 Å². The first kappa shape index (κ1) is 20.9. The Labute approximate surface area is 163 Å². The maximum Gasteiger partial charge on any atom is 0.255 e. The van der Waals surface area contributed by atoms with E-state index in [4.69, 9.17) is 16.3 Å². The molecule has 0 bridgehead atoms. The number of sulfonamides is 1. The fraction of sp³-hybridized carbons (Fsp3) is 0.222. The van der Waals surface area contributed by atoms with Crippen molar-refractivity contribution in [2.24, 2.45) is 5.10 Å². The number of halogens is 1. The van der Waals surface area contributed by atoms with Crippen molar-refractivity contribution >= 4 is 33.2 Å². The van der Waals surface area contributed by atoms with Gasteiger partial charge in [0.15, 0.2) is 0 Å². The maximum atomic E-state index is 12.5. The molecule has 0 unspecified atom stereocenters. The van der Waals surface area contributed by atoms with E-state index in [-0.39, 0.29) is 11.4 Å². The number of likely N-dealkylation sites (N-methyl/N-ethyl adjacent to an activating group) is 1. The fourth-order valence-corrected chi connectivity index (χ4v) is 3.51. The number of hydrogen-bond acceptors (Lipinski definition) is 5. The molecule has 0 saturated carbocycles. The second kappa shape index (κ2) is 8.98. The summed E-state index contributed by atoms with van der Waals surface area (Å²) in [4.78, 5) is 12.2. The molecule has 0 spiro atoms. The molecule has 1 amide bonds. The van der Waals surface area contributed by atoms with Crippen LogP contribution < -0.4 is 10.2 Å². The molecule has 27 heavy (non-hydrogen) atoms. The van der Waals surface area contributed by atoms with Crippen LogP contribution in [0.3, 0.4) is 0 Å². The van der Waals surface area contributed by atoms with E-state index in [2.05, 4.69) is 10.5 Å². The van der Waals surface area contributed by atoms with Gasteiger partial charge in [-0.1, -0.05) is 23.7 Å². The number of carbonyl (C=O) groups excluding carboxylic acids is 1. The smallest absolute Gasteiger partial charge is 0.255 e. The molecule has 0 aromatic heterocycles.